The van der Waals surface area contributed by atoms with Crippen molar-refractivity contribution < 1.29 is 23.1 Å². The highest BCUT2D eigenvalue weighted by atomic mass is 19.2. The van der Waals surface area contributed by atoms with Crippen LogP contribution in [0.2, 0.25) is 0 Å². The van der Waals surface area contributed by atoms with Crippen molar-refractivity contribution in [2.45, 2.75) is 0 Å². The van der Waals surface area contributed by atoms with Gasteiger partial charge in [-0.3, -0.25) is 0 Å². The topological polar surface area (TPSA) is 49.3 Å². The normalized spacial score (nSPS) is 10.3. The van der Waals surface area contributed by atoms with E-state index < -0.39 is 29.1 Å². The molecule has 6 heteroatoms. The summed E-state index contributed by atoms with van der Waals surface area (Å²) in [5, 5.41) is 11.2. The summed E-state index contributed by atoms with van der Waals surface area (Å²) < 4.78 is 40.0. The SMILES string of the molecule is O=C(O)c1cccc(F)c1Nc1cccc(F)c1F. The Morgan fingerprint density at radius 2 is 1.63 bits per heavy atom. The molecule has 0 aliphatic rings. The van der Waals surface area contributed by atoms with Crippen molar-refractivity contribution in [1.29, 1.82) is 0 Å². The third-order valence-electron chi connectivity index (χ3n) is 2.46. The first-order valence-corrected chi connectivity index (χ1v) is 5.23. The van der Waals surface area contributed by atoms with E-state index in [-0.39, 0.29) is 11.3 Å². The van der Waals surface area contributed by atoms with E-state index in [0.717, 1.165) is 18.2 Å². The van der Waals surface area contributed by atoms with Gasteiger partial charge in [0, 0.05) is 0 Å². The molecule has 0 bridgehead atoms. The Labute approximate surface area is 106 Å². The lowest BCUT2D eigenvalue weighted by Crippen LogP contribution is -2.06. The summed E-state index contributed by atoms with van der Waals surface area (Å²) in [5.41, 5.74) is -1.13. The average Bonchev–Trinajstić information content (AvgIpc) is 2.36. The number of carboxylic acid groups (broad SMARTS) is 1. The van der Waals surface area contributed by atoms with Crippen LogP contribution < -0.4 is 5.32 Å². The molecule has 0 saturated carbocycles. The molecule has 98 valence electrons. The molecule has 0 radical (unpaired) electrons. The van der Waals surface area contributed by atoms with E-state index in [1.54, 1.807) is 0 Å². The molecule has 0 unspecified atom stereocenters. The fraction of sp³-hybridized carbons (Fsp3) is 0. The van der Waals surface area contributed by atoms with Gasteiger partial charge in [-0.05, 0) is 24.3 Å². The standard InChI is InChI=1S/C13H8F3NO2/c14-8-4-2-6-10(11(8)16)17-12-7(13(18)19)3-1-5-9(12)15/h1-6,17H,(H,18,19). The number of carbonyl (C=O) groups is 1. The van der Waals surface area contributed by atoms with Gasteiger partial charge in [0.15, 0.2) is 11.6 Å². The van der Waals surface area contributed by atoms with Gasteiger partial charge in [0.25, 0.3) is 0 Å². The van der Waals surface area contributed by atoms with Crippen molar-refractivity contribution in [2.24, 2.45) is 0 Å². The molecular weight excluding hydrogens is 259 g/mol. The van der Waals surface area contributed by atoms with Crippen LogP contribution in [0.3, 0.4) is 0 Å². The van der Waals surface area contributed by atoms with Gasteiger partial charge in [-0.15, -0.1) is 0 Å². The Kier molecular flexibility index (Phi) is 3.41. The van der Waals surface area contributed by atoms with Crippen molar-refractivity contribution >= 4 is 17.3 Å². The minimum absolute atomic E-state index is 0.340. The molecule has 2 rings (SSSR count). The van der Waals surface area contributed by atoms with Crippen molar-refractivity contribution in [1.82, 2.24) is 0 Å². The van der Waals surface area contributed by atoms with Crippen LogP contribution in [0.1, 0.15) is 10.4 Å². The van der Waals surface area contributed by atoms with Gasteiger partial charge in [0.05, 0.1) is 16.9 Å². The molecule has 0 aromatic heterocycles. The van der Waals surface area contributed by atoms with Gasteiger partial charge in [0.1, 0.15) is 5.82 Å². The summed E-state index contributed by atoms with van der Waals surface area (Å²) in [6.45, 7) is 0. The van der Waals surface area contributed by atoms with Gasteiger partial charge in [-0.1, -0.05) is 12.1 Å². The Morgan fingerprint density at radius 3 is 2.32 bits per heavy atom. The summed E-state index contributed by atoms with van der Waals surface area (Å²) in [5.74, 6) is -4.57. The summed E-state index contributed by atoms with van der Waals surface area (Å²) in [7, 11) is 0. The molecule has 0 saturated heterocycles. The van der Waals surface area contributed by atoms with Crippen LogP contribution in [-0.4, -0.2) is 11.1 Å². The quantitative estimate of drug-likeness (QED) is 0.894. The van der Waals surface area contributed by atoms with Crippen LogP contribution in [0.25, 0.3) is 0 Å². The maximum absolute atomic E-state index is 13.6. The van der Waals surface area contributed by atoms with E-state index in [0.29, 0.717) is 0 Å². The molecule has 3 nitrogen and oxygen atoms in total. The smallest absolute Gasteiger partial charge is 0.337 e. The van der Waals surface area contributed by atoms with E-state index in [9.17, 15) is 18.0 Å². The van der Waals surface area contributed by atoms with Crippen LogP contribution in [0.15, 0.2) is 36.4 Å². The zero-order chi connectivity index (χ0) is 14.0. The molecule has 0 amide bonds. The minimum atomic E-state index is -1.38. The first-order chi connectivity index (χ1) is 9.00. The van der Waals surface area contributed by atoms with Crippen molar-refractivity contribution in [3.63, 3.8) is 0 Å². The van der Waals surface area contributed by atoms with Crippen LogP contribution in [0.5, 0.6) is 0 Å². The first kappa shape index (κ1) is 12.9. The first-order valence-electron chi connectivity index (χ1n) is 5.23. The number of hydrogen-bond donors (Lipinski definition) is 2. The number of carboxylic acids is 1. The third-order valence-corrected chi connectivity index (χ3v) is 2.46. The van der Waals surface area contributed by atoms with Gasteiger partial charge < -0.3 is 10.4 Å². The predicted molar refractivity (Wildman–Crippen MR) is 63.0 cm³/mol. The van der Waals surface area contributed by atoms with E-state index in [2.05, 4.69) is 5.32 Å². The molecule has 2 N–H and O–H groups in total. The number of anilines is 2. The molecule has 0 heterocycles. The van der Waals surface area contributed by atoms with Crippen LogP contribution in [-0.2, 0) is 0 Å². The second-order valence-corrected chi connectivity index (χ2v) is 3.69. The number of halogens is 3. The zero-order valence-electron chi connectivity index (χ0n) is 9.45. The van der Waals surface area contributed by atoms with E-state index in [1.165, 1.54) is 18.2 Å². The number of benzene rings is 2. The van der Waals surface area contributed by atoms with E-state index in [4.69, 9.17) is 5.11 Å². The largest absolute Gasteiger partial charge is 0.478 e. The average molecular weight is 267 g/mol. The highest BCUT2D eigenvalue weighted by Crippen LogP contribution is 2.26. The molecular formula is C13H8F3NO2. The summed E-state index contributed by atoms with van der Waals surface area (Å²) >= 11 is 0. The molecule has 0 spiro atoms. The van der Waals surface area contributed by atoms with E-state index >= 15 is 0 Å². The lowest BCUT2D eigenvalue weighted by atomic mass is 10.1. The second-order valence-electron chi connectivity index (χ2n) is 3.69. The van der Waals surface area contributed by atoms with E-state index in [1.807, 2.05) is 0 Å². The van der Waals surface area contributed by atoms with Crippen molar-refractivity contribution in [3.8, 4) is 0 Å². The van der Waals surface area contributed by atoms with Gasteiger partial charge >= 0.3 is 5.97 Å². The van der Waals surface area contributed by atoms with Crippen molar-refractivity contribution in [3.05, 3.63) is 59.4 Å². The molecule has 2 aromatic carbocycles. The Hall–Kier alpha value is -2.50. The molecule has 0 aliphatic heterocycles. The molecule has 0 atom stereocenters. The Balaban J connectivity index is 2.49. The summed E-state index contributed by atoms with van der Waals surface area (Å²) in [6, 6.07) is 6.70. The second kappa shape index (κ2) is 5.01. The molecule has 0 fully saturated rings. The van der Waals surface area contributed by atoms with Gasteiger partial charge in [-0.25, -0.2) is 18.0 Å². The Bertz CT molecular complexity index is 644. The lowest BCUT2D eigenvalue weighted by Gasteiger charge is -2.11. The molecule has 2 aromatic rings. The highest BCUT2D eigenvalue weighted by Gasteiger charge is 2.16. The van der Waals surface area contributed by atoms with Gasteiger partial charge in [-0.2, -0.15) is 0 Å². The van der Waals surface area contributed by atoms with Crippen LogP contribution in [0, 0.1) is 17.5 Å². The number of nitrogens with one attached hydrogen (secondary N) is 1. The maximum atomic E-state index is 13.6. The molecule has 19 heavy (non-hydrogen) atoms. The Morgan fingerprint density at radius 1 is 1.00 bits per heavy atom. The fourth-order valence-corrected chi connectivity index (χ4v) is 1.56. The summed E-state index contributed by atoms with van der Waals surface area (Å²) in [6.07, 6.45) is 0. The number of hydrogen-bond acceptors (Lipinski definition) is 2. The number of aromatic carboxylic acids is 1. The minimum Gasteiger partial charge on any atom is -0.478 e. The highest BCUT2D eigenvalue weighted by molar-refractivity contribution is 5.95. The maximum Gasteiger partial charge on any atom is 0.337 e. The van der Waals surface area contributed by atoms with Gasteiger partial charge in [0.2, 0.25) is 0 Å². The zero-order valence-corrected chi connectivity index (χ0v) is 9.45. The molecule has 0 aliphatic carbocycles. The van der Waals surface area contributed by atoms with Crippen LogP contribution in [0.4, 0.5) is 24.5 Å². The number of para-hydroxylation sites is 1. The van der Waals surface area contributed by atoms with Crippen molar-refractivity contribution in [2.75, 3.05) is 5.32 Å². The number of rotatable bonds is 3. The lowest BCUT2D eigenvalue weighted by molar-refractivity contribution is 0.0697. The predicted octanol–water partition coefficient (Wildman–Crippen LogP) is 3.55. The monoisotopic (exact) mass is 267 g/mol. The fourth-order valence-electron chi connectivity index (χ4n) is 1.56. The van der Waals surface area contributed by atoms with Crippen LogP contribution >= 0.6 is 0 Å². The third kappa shape index (κ3) is 2.52. The summed E-state index contributed by atoms with van der Waals surface area (Å²) in [4.78, 5) is 10.9.